The van der Waals surface area contributed by atoms with Gasteiger partial charge in [0.05, 0.1) is 12.7 Å². The van der Waals surface area contributed by atoms with Gasteiger partial charge in [0.25, 0.3) is 0 Å². The van der Waals surface area contributed by atoms with Gasteiger partial charge < -0.3 is 10.1 Å². The van der Waals surface area contributed by atoms with Crippen LogP contribution >= 0.6 is 27.3 Å². The highest BCUT2D eigenvalue weighted by Gasteiger charge is 2.21. The largest absolute Gasteiger partial charge is 0.374 e. The van der Waals surface area contributed by atoms with Gasteiger partial charge in [0.2, 0.25) is 0 Å². The van der Waals surface area contributed by atoms with E-state index in [-0.39, 0.29) is 0 Å². The normalized spacial score (nSPS) is 21.7. The molecular weight excluding hydrogens is 312 g/mol. The maximum atomic E-state index is 5.80. The van der Waals surface area contributed by atoms with Crippen LogP contribution in [0.25, 0.3) is 0 Å². The fourth-order valence-electron chi connectivity index (χ4n) is 2.13. The molecule has 18 heavy (non-hydrogen) atoms. The zero-order valence-electron chi connectivity index (χ0n) is 11.0. The summed E-state index contributed by atoms with van der Waals surface area (Å²) < 4.78 is 7.00. The summed E-state index contributed by atoms with van der Waals surface area (Å²) in [6.45, 7) is 9.29. The summed E-state index contributed by atoms with van der Waals surface area (Å²) in [5.41, 5.74) is 0. The topological polar surface area (TPSA) is 24.5 Å². The number of hydrogen-bond acceptors (Lipinski definition) is 4. The Hall–Kier alpha value is 0.0600. The first-order chi connectivity index (χ1) is 8.66. The average molecular weight is 333 g/mol. The van der Waals surface area contributed by atoms with Crippen LogP contribution in [-0.2, 0) is 11.3 Å². The fraction of sp³-hybridized carbons (Fsp3) is 0.692. The van der Waals surface area contributed by atoms with Crippen molar-refractivity contribution in [2.75, 3.05) is 26.2 Å². The molecule has 1 unspecified atom stereocenters. The summed E-state index contributed by atoms with van der Waals surface area (Å²) in [7, 11) is 0. The van der Waals surface area contributed by atoms with Gasteiger partial charge in [-0.15, -0.1) is 11.3 Å². The van der Waals surface area contributed by atoms with Crippen LogP contribution in [0.3, 0.4) is 0 Å². The van der Waals surface area contributed by atoms with Crippen LogP contribution in [0.15, 0.2) is 15.9 Å². The third-order valence-corrected chi connectivity index (χ3v) is 5.18. The Morgan fingerprint density at radius 1 is 1.61 bits per heavy atom. The molecule has 5 heteroatoms. The summed E-state index contributed by atoms with van der Waals surface area (Å²) in [6, 6.07) is 2.71. The Labute approximate surface area is 122 Å². The fourth-order valence-corrected chi connectivity index (χ4v) is 3.59. The molecule has 1 N–H and O–H groups in total. The predicted octanol–water partition coefficient (Wildman–Crippen LogP) is 2.71. The summed E-state index contributed by atoms with van der Waals surface area (Å²) in [5, 5.41) is 5.60. The number of ether oxygens (including phenoxy) is 1. The maximum absolute atomic E-state index is 5.80. The number of halogens is 1. The van der Waals surface area contributed by atoms with Crippen LogP contribution in [0.2, 0.25) is 0 Å². The van der Waals surface area contributed by atoms with E-state index in [9.17, 15) is 0 Å². The molecule has 2 heterocycles. The van der Waals surface area contributed by atoms with Crippen molar-refractivity contribution < 1.29 is 4.74 Å². The predicted molar refractivity (Wildman–Crippen MR) is 80.2 cm³/mol. The van der Waals surface area contributed by atoms with Crippen LogP contribution in [0, 0.1) is 0 Å². The third-order valence-electron chi connectivity index (χ3n) is 3.25. The number of hydrogen-bond donors (Lipinski definition) is 1. The van der Waals surface area contributed by atoms with Gasteiger partial charge in [-0.05, 0) is 41.2 Å². The second kappa shape index (κ2) is 7.01. The average Bonchev–Trinajstić information content (AvgIpc) is 2.76. The molecule has 3 nitrogen and oxygen atoms in total. The van der Waals surface area contributed by atoms with Gasteiger partial charge in [0.15, 0.2) is 0 Å². The van der Waals surface area contributed by atoms with Crippen molar-refractivity contribution in [3.63, 3.8) is 0 Å². The first-order valence-electron chi connectivity index (χ1n) is 6.45. The molecule has 1 saturated heterocycles. The van der Waals surface area contributed by atoms with Crippen LogP contribution in [0.5, 0.6) is 0 Å². The van der Waals surface area contributed by atoms with Crippen LogP contribution in [-0.4, -0.2) is 43.3 Å². The number of nitrogens with zero attached hydrogens (tertiary/aromatic N) is 1. The molecule has 0 radical (unpaired) electrons. The van der Waals surface area contributed by atoms with Gasteiger partial charge in [-0.2, -0.15) is 0 Å². The van der Waals surface area contributed by atoms with Crippen molar-refractivity contribution in [3.05, 3.63) is 20.8 Å². The van der Waals surface area contributed by atoms with Crippen LogP contribution in [0.1, 0.15) is 18.7 Å². The molecule has 0 aliphatic carbocycles. The molecule has 1 atom stereocenters. The summed E-state index contributed by atoms with van der Waals surface area (Å²) in [6.07, 6.45) is 0.319. The Balaban J connectivity index is 1.72. The Bertz CT molecular complexity index is 370. The van der Waals surface area contributed by atoms with Crippen molar-refractivity contribution in [1.82, 2.24) is 10.2 Å². The molecule has 102 valence electrons. The smallest absolute Gasteiger partial charge is 0.0826 e. The van der Waals surface area contributed by atoms with E-state index in [0.717, 1.165) is 32.8 Å². The van der Waals surface area contributed by atoms with Gasteiger partial charge >= 0.3 is 0 Å². The minimum Gasteiger partial charge on any atom is -0.374 e. The van der Waals surface area contributed by atoms with E-state index >= 15 is 0 Å². The van der Waals surface area contributed by atoms with Crippen LogP contribution in [0.4, 0.5) is 0 Å². The summed E-state index contributed by atoms with van der Waals surface area (Å²) in [5.74, 6) is 0. The first kappa shape index (κ1) is 14.5. The molecule has 0 spiro atoms. The lowest BCUT2D eigenvalue weighted by molar-refractivity contribution is -0.0372. The monoisotopic (exact) mass is 332 g/mol. The minimum atomic E-state index is 0.319. The quantitative estimate of drug-likeness (QED) is 0.897. The van der Waals surface area contributed by atoms with Gasteiger partial charge in [-0.1, -0.05) is 0 Å². The highest BCUT2D eigenvalue weighted by molar-refractivity contribution is 9.10. The van der Waals surface area contributed by atoms with Crippen molar-refractivity contribution >= 4 is 27.3 Å². The third kappa shape index (κ3) is 4.03. The molecule has 0 saturated carbocycles. The molecule has 1 aromatic rings. The summed E-state index contributed by atoms with van der Waals surface area (Å²) >= 11 is 5.33. The van der Waals surface area contributed by atoms with E-state index in [1.54, 1.807) is 11.3 Å². The van der Waals surface area contributed by atoms with Gasteiger partial charge in [0, 0.05) is 41.6 Å². The minimum absolute atomic E-state index is 0.319. The van der Waals surface area contributed by atoms with E-state index < -0.39 is 0 Å². The molecule has 0 aromatic carbocycles. The van der Waals surface area contributed by atoms with Gasteiger partial charge in [-0.25, -0.2) is 0 Å². The first-order valence-corrected chi connectivity index (χ1v) is 8.12. The Kier molecular flexibility index (Phi) is 5.63. The number of morpholine rings is 1. The molecule has 0 amide bonds. The second-order valence-electron chi connectivity index (χ2n) is 4.90. The van der Waals surface area contributed by atoms with E-state index in [4.69, 9.17) is 4.74 Å². The molecule has 2 rings (SSSR count). The van der Waals surface area contributed by atoms with Crippen molar-refractivity contribution in [2.24, 2.45) is 0 Å². The lowest BCUT2D eigenvalue weighted by Crippen LogP contribution is -2.48. The Morgan fingerprint density at radius 3 is 3.11 bits per heavy atom. The molecular formula is C13H21BrN2OS. The van der Waals surface area contributed by atoms with Gasteiger partial charge in [0.1, 0.15) is 0 Å². The number of rotatable bonds is 5. The lowest BCUT2D eigenvalue weighted by Gasteiger charge is -2.35. The van der Waals surface area contributed by atoms with Crippen molar-refractivity contribution in [2.45, 2.75) is 32.5 Å². The SMILES string of the molecule is CC(C)N1CCOC(CNCc2sccc2Br)C1. The molecule has 0 bridgehead atoms. The molecule has 1 fully saturated rings. The summed E-state index contributed by atoms with van der Waals surface area (Å²) in [4.78, 5) is 3.84. The standard InChI is InChI=1S/C13H21BrN2OS/c1-10(2)16-4-5-17-11(9-16)7-15-8-13-12(14)3-6-18-13/h3,6,10-11,15H,4-5,7-9H2,1-2H3. The van der Waals surface area contributed by atoms with E-state index in [1.165, 1.54) is 9.35 Å². The molecule has 1 aromatic heterocycles. The van der Waals surface area contributed by atoms with E-state index in [1.807, 2.05) is 0 Å². The highest BCUT2D eigenvalue weighted by Crippen LogP contribution is 2.22. The lowest BCUT2D eigenvalue weighted by atomic mass is 10.2. The van der Waals surface area contributed by atoms with E-state index in [0.29, 0.717) is 12.1 Å². The molecule has 1 aliphatic rings. The zero-order chi connectivity index (χ0) is 13.0. The van der Waals surface area contributed by atoms with Crippen molar-refractivity contribution in [3.8, 4) is 0 Å². The maximum Gasteiger partial charge on any atom is 0.0826 e. The second-order valence-corrected chi connectivity index (χ2v) is 6.76. The Morgan fingerprint density at radius 2 is 2.44 bits per heavy atom. The molecule has 1 aliphatic heterocycles. The van der Waals surface area contributed by atoms with Crippen molar-refractivity contribution in [1.29, 1.82) is 0 Å². The van der Waals surface area contributed by atoms with Crippen LogP contribution < -0.4 is 5.32 Å². The number of nitrogens with one attached hydrogen (secondary N) is 1. The highest BCUT2D eigenvalue weighted by atomic mass is 79.9. The number of thiophene rings is 1. The van der Waals surface area contributed by atoms with Gasteiger partial charge in [-0.3, -0.25) is 4.90 Å². The zero-order valence-corrected chi connectivity index (χ0v) is 13.4. The van der Waals surface area contributed by atoms with E-state index in [2.05, 4.69) is 51.4 Å².